The molecule has 1 saturated heterocycles. The fraction of sp³-hybridized carbons (Fsp3) is 0.417. The normalized spacial score (nSPS) is 16.0. The van der Waals surface area contributed by atoms with Crippen LogP contribution in [0.4, 0.5) is 0 Å². The van der Waals surface area contributed by atoms with Gasteiger partial charge in [-0.25, -0.2) is 13.1 Å². The molecule has 1 heterocycles. The Balaban J connectivity index is 1.55. The van der Waals surface area contributed by atoms with Gasteiger partial charge in [-0.05, 0) is 36.5 Å². The Labute approximate surface area is 190 Å². The molecule has 1 fully saturated rings. The molecule has 2 amide bonds. The minimum atomic E-state index is -3.58. The molecule has 1 aliphatic heterocycles. The molecule has 32 heavy (non-hydrogen) atoms. The summed E-state index contributed by atoms with van der Waals surface area (Å²) in [7, 11) is -3.58. The van der Waals surface area contributed by atoms with Crippen LogP contribution in [0, 0.1) is 5.92 Å². The average Bonchev–Trinajstić information content (AvgIpc) is 2.78. The summed E-state index contributed by atoms with van der Waals surface area (Å²) in [6.45, 7) is 4.70. The van der Waals surface area contributed by atoms with Crippen LogP contribution in [0.1, 0.15) is 32.3 Å². The Bertz CT molecular complexity index is 1000. The number of hydrogen-bond acceptors (Lipinski definition) is 4. The third-order valence-electron chi connectivity index (χ3n) is 5.64. The molecule has 1 unspecified atom stereocenters. The molecule has 0 saturated carbocycles. The van der Waals surface area contributed by atoms with E-state index in [0.29, 0.717) is 25.9 Å². The van der Waals surface area contributed by atoms with Gasteiger partial charge in [0.25, 0.3) is 0 Å². The minimum Gasteiger partial charge on any atom is -0.344 e. The Morgan fingerprint density at radius 1 is 0.969 bits per heavy atom. The molecule has 1 atom stereocenters. The maximum Gasteiger partial charge on any atom is 0.245 e. The zero-order chi connectivity index (χ0) is 23.1. The lowest BCUT2D eigenvalue weighted by atomic mass is 9.99. The molecule has 0 radical (unpaired) electrons. The molecular formula is C24H31N3O4S. The molecule has 1 aliphatic rings. The highest BCUT2D eigenvalue weighted by molar-refractivity contribution is 7.89. The highest BCUT2D eigenvalue weighted by Crippen LogP contribution is 2.17. The van der Waals surface area contributed by atoms with Gasteiger partial charge in [0.2, 0.25) is 21.8 Å². The predicted octanol–water partition coefficient (Wildman–Crippen LogP) is 2.34. The number of nitrogens with zero attached hydrogens (tertiary/aromatic N) is 1. The zero-order valence-electron chi connectivity index (χ0n) is 18.5. The first-order valence-corrected chi connectivity index (χ1v) is 12.4. The van der Waals surface area contributed by atoms with E-state index in [1.54, 1.807) is 35.2 Å². The van der Waals surface area contributed by atoms with Crippen LogP contribution in [-0.2, 0) is 26.0 Å². The highest BCUT2D eigenvalue weighted by atomic mass is 32.2. The number of benzene rings is 2. The van der Waals surface area contributed by atoms with Crippen molar-refractivity contribution >= 4 is 21.8 Å². The van der Waals surface area contributed by atoms with E-state index in [0.717, 1.165) is 5.56 Å². The van der Waals surface area contributed by atoms with Crippen LogP contribution in [-0.4, -0.2) is 50.3 Å². The summed E-state index contributed by atoms with van der Waals surface area (Å²) in [5.41, 5.74) is 0.895. The van der Waals surface area contributed by atoms with E-state index < -0.39 is 16.1 Å². The third kappa shape index (κ3) is 6.40. The zero-order valence-corrected chi connectivity index (χ0v) is 19.3. The van der Waals surface area contributed by atoms with Gasteiger partial charge in [-0.1, -0.05) is 62.4 Å². The summed E-state index contributed by atoms with van der Waals surface area (Å²) in [5.74, 6) is -0.365. The summed E-state index contributed by atoms with van der Waals surface area (Å²) >= 11 is 0. The van der Waals surface area contributed by atoms with Crippen molar-refractivity contribution in [3.63, 3.8) is 0 Å². The maximum absolute atomic E-state index is 13.1. The standard InChI is InChI=1S/C24H31N3O4S/c1-18(2)23(25-22(28)17-19-9-5-3-6-10-19)24(29)27-15-13-20(14-16-27)26-32(30,31)21-11-7-4-8-12-21/h3-12,18,20,23,26H,13-17H2,1-2H3,(H,25,28). The molecule has 0 aromatic heterocycles. The molecule has 2 aromatic carbocycles. The molecular weight excluding hydrogens is 426 g/mol. The van der Waals surface area contributed by atoms with Gasteiger partial charge >= 0.3 is 0 Å². The number of carbonyl (C=O) groups is 2. The van der Waals surface area contributed by atoms with E-state index in [-0.39, 0.29) is 35.1 Å². The van der Waals surface area contributed by atoms with Crippen molar-refractivity contribution in [2.24, 2.45) is 5.92 Å². The average molecular weight is 458 g/mol. The summed E-state index contributed by atoms with van der Waals surface area (Å²) < 4.78 is 27.8. The van der Waals surface area contributed by atoms with Crippen LogP contribution >= 0.6 is 0 Å². The number of likely N-dealkylation sites (tertiary alicyclic amines) is 1. The Hall–Kier alpha value is -2.71. The summed E-state index contributed by atoms with van der Waals surface area (Å²) in [5, 5.41) is 2.89. The number of amides is 2. The third-order valence-corrected chi connectivity index (χ3v) is 7.18. The van der Waals surface area contributed by atoms with Crippen molar-refractivity contribution in [1.29, 1.82) is 0 Å². The second-order valence-electron chi connectivity index (χ2n) is 8.49. The number of hydrogen-bond donors (Lipinski definition) is 2. The summed E-state index contributed by atoms with van der Waals surface area (Å²) in [4.78, 5) is 27.6. The summed E-state index contributed by atoms with van der Waals surface area (Å²) in [6.07, 6.45) is 1.28. The molecule has 0 bridgehead atoms. The second-order valence-corrected chi connectivity index (χ2v) is 10.2. The topological polar surface area (TPSA) is 95.6 Å². The van der Waals surface area contributed by atoms with Crippen molar-refractivity contribution in [3.8, 4) is 0 Å². The van der Waals surface area contributed by atoms with Gasteiger partial charge in [0.1, 0.15) is 6.04 Å². The van der Waals surface area contributed by atoms with E-state index in [4.69, 9.17) is 0 Å². The second kappa shape index (κ2) is 10.7. The van der Waals surface area contributed by atoms with E-state index in [1.807, 2.05) is 44.2 Å². The Morgan fingerprint density at radius 2 is 1.53 bits per heavy atom. The molecule has 172 valence electrons. The van der Waals surface area contributed by atoms with Crippen LogP contribution < -0.4 is 10.0 Å². The van der Waals surface area contributed by atoms with E-state index in [2.05, 4.69) is 10.0 Å². The van der Waals surface area contributed by atoms with E-state index in [1.165, 1.54) is 0 Å². The van der Waals surface area contributed by atoms with Gasteiger partial charge in [0.05, 0.1) is 11.3 Å². The van der Waals surface area contributed by atoms with Gasteiger partial charge in [-0.3, -0.25) is 9.59 Å². The van der Waals surface area contributed by atoms with Gasteiger partial charge in [0, 0.05) is 19.1 Å². The van der Waals surface area contributed by atoms with Crippen LogP contribution in [0.25, 0.3) is 0 Å². The molecule has 8 heteroatoms. The maximum atomic E-state index is 13.1. The first-order valence-electron chi connectivity index (χ1n) is 11.0. The van der Waals surface area contributed by atoms with Gasteiger partial charge < -0.3 is 10.2 Å². The lowest BCUT2D eigenvalue weighted by Gasteiger charge is -2.35. The monoisotopic (exact) mass is 457 g/mol. The minimum absolute atomic E-state index is 0.0588. The number of piperidine rings is 1. The molecule has 7 nitrogen and oxygen atoms in total. The lowest BCUT2D eigenvalue weighted by molar-refractivity contribution is -0.138. The first-order chi connectivity index (χ1) is 15.3. The van der Waals surface area contributed by atoms with Crippen molar-refractivity contribution in [2.75, 3.05) is 13.1 Å². The Morgan fingerprint density at radius 3 is 2.09 bits per heavy atom. The number of rotatable bonds is 8. The van der Waals surface area contributed by atoms with Crippen molar-refractivity contribution < 1.29 is 18.0 Å². The number of nitrogens with one attached hydrogen (secondary N) is 2. The predicted molar refractivity (Wildman–Crippen MR) is 123 cm³/mol. The van der Waals surface area contributed by atoms with Gasteiger partial charge in [-0.2, -0.15) is 0 Å². The number of sulfonamides is 1. The molecule has 2 N–H and O–H groups in total. The largest absolute Gasteiger partial charge is 0.344 e. The van der Waals surface area contributed by atoms with Crippen LogP contribution in [0.3, 0.4) is 0 Å². The van der Waals surface area contributed by atoms with Crippen molar-refractivity contribution in [1.82, 2.24) is 14.9 Å². The van der Waals surface area contributed by atoms with Crippen molar-refractivity contribution in [3.05, 3.63) is 66.2 Å². The van der Waals surface area contributed by atoms with Gasteiger partial charge in [-0.15, -0.1) is 0 Å². The fourth-order valence-electron chi connectivity index (χ4n) is 3.82. The Kier molecular flexibility index (Phi) is 8.04. The molecule has 0 aliphatic carbocycles. The van der Waals surface area contributed by atoms with Crippen LogP contribution in [0.15, 0.2) is 65.6 Å². The number of carbonyl (C=O) groups excluding carboxylic acids is 2. The SMILES string of the molecule is CC(C)C(NC(=O)Cc1ccccc1)C(=O)N1CCC(NS(=O)(=O)c2ccccc2)CC1. The summed E-state index contributed by atoms with van der Waals surface area (Å²) in [6, 6.07) is 16.9. The molecule has 2 aromatic rings. The fourth-order valence-corrected chi connectivity index (χ4v) is 5.15. The molecule has 0 spiro atoms. The first kappa shape index (κ1) is 23.9. The van der Waals surface area contributed by atoms with E-state index >= 15 is 0 Å². The quantitative estimate of drug-likeness (QED) is 0.636. The van der Waals surface area contributed by atoms with Gasteiger partial charge in [0.15, 0.2) is 0 Å². The van der Waals surface area contributed by atoms with Crippen molar-refractivity contribution in [2.45, 2.75) is 50.1 Å². The van der Waals surface area contributed by atoms with Crippen LogP contribution in [0.2, 0.25) is 0 Å². The van der Waals surface area contributed by atoms with Crippen LogP contribution in [0.5, 0.6) is 0 Å². The smallest absolute Gasteiger partial charge is 0.245 e. The lowest BCUT2D eigenvalue weighted by Crippen LogP contribution is -2.55. The highest BCUT2D eigenvalue weighted by Gasteiger charge is 2.32. The van der Waals surface area contributed by atoms with E-state index in [9.17, 15) is 18.0 Å². The molecule has 3 rings (SSSR count).